The minimum absolute atomic E-state index is 0.0582. The highest BCUT2D eigenvalue weighted by Gasteiger charge is 2.42. The van der Waals surface area contributed by atoms with Crippen molar-refractivity contribution < 1.29 is 23.4 Å². The lowest BCUT2D eigenvalue weighted by molar-refractivity contribution is -0.137. The molecule has 1 aromatic carbocycles. The van der Waals surface area contributed by atoms with Crippen LogP contribution in [0.3, 0.4) is 0 Å². The highest BCUT2D eigenvalue weighted by atomic mass is 19.4. The first-order chi connectivity index (χ1) is 14.5. The number of benzene rings is 1. The molecule has 31 heavy (non-hydrogen) atoms. The Labute approximate surface area is 180 Å². The molecule has 0 spiro atoms. The van der Waals surface area contributed by atoms with Gasteiger partial charge in [0.1, 0.15) is 5.82 Å². The van der Waals surface area contributed by atoms with Gasteiger partial charge in [-0.15, -0.1) is 0 Å². The topological polar surface area (TPSA) is 78.3 Å². The van der Waals surface area contributed by atoms with Crippen LogP contribution >= 0.6 is 0 Å². The van der Waals surface area contributed by atoms with E-state index >= 15 is 0 Å². The van der Waals surface area contributed by atoms with Crippen LogP contribution in [0.4, 0.5) is 13.2 Å². The van der Waals surface area contributed by atoms with E-state index < -0.39 is 17.8 Å². The summed E-state index contributed by atoms with van der Waals surface area (Å²) in [5, 5.41) is 23.7. The monoisotopic (exact) mass is 437 g/mol. The van der Waals surface area contributed by atoms with Crippen LogP contribution in [0.2, 0.25) is 0 Å². The molecule has 170 valence electrons. The number of aliphatic hydroxyl groups excluding tert-OH is 2. The van der Waals surface area contributed by atoms with Gasteiger partial charge in [0.2, 0.25) is 0 Å². The normalized spacial score (nSPS) is 24.5. The lowest BCUT2D eigenvalue weighted by Crippen LogP contribution is -2.36. The molecule has 1 fully saturated rings. The number of hydrogen-bond acceptors (Lipinski definition) is 5. The standard InChI is InChI=1S/C23H30F3N3O2/c1-22(2,3)21-27-9-8-16(29-21)10-17-18(13-30)20(31)11-19(17)28-12-14-4-6-15(7-5-14)23(24,25)26/h4-9,17-20,28,30-31H,10-13H2,1-3H3/t17-,18-,19-,20-/m1/s1. The molecular weight excluding hydrogens is 407 g/mol. The van der Waals surface area contributed by atoms with Crippen LogP contribution in [0.15, 0.2) is 36.5 Å². The number of nitrogens with one attached hydrogen (secondary N) is 1. The Morgan fingerprint density at radius 3 is 2.32 bits per heavy atom. The molecule has 0 aliphatic heterocycles. The molecule has 0 saturated heterocycles. The third-order valence-corrected chi connectivity index (χ3v) is 5.95. The molecule has 4 atom stereocenters. The Hall–Kier alpha value is -2.03. The summed E-state index contributed by atoms with van der Waals surface area (Å²) >= 11 is 0. The van der Waals surface area contributed by atoms with Crippen molar-refractivity contribution in [1.82, 2.24) is 15.3 Å². The summed E-state index contributed by atoms with van der Waals surface area (Å²) in [5.41, 5.74) is 0.704. The van der Waals surface area contributed by atoms with E-state index in [2.05, 4.69) is 15.3 Å². The van der Waals surface area contributed by atoms with Crippen LogP contribution in [0.25, 0.3) is 0 Å². The number of alkyl halides is 3. The fraction of sp³-hybridized carbons (Fsp3) is 0.565. The van der Waals surface area contributed by atoms with Crippen molar-refractivity contribution in [3.05, 3.63) is 59.2 Å². The van der Waals surface area contributed by atoms with Crippen LogP contribution in [0, 0.1) is 11.8 Å². The quantitative estimate of drug-likeness (QED) is 0.645. The van der Waals surface area contributed by atoms with Gasteiger partial charge in [0.05, 0.1) is 11.7 Å². The van der Waals surface area contributed by atoms with Gasteiger partial charge in [0.25, 0.3) is 0 Å². The highest BCUT2D eigenvalue weighted by molar-refractivity contribution is 5.24. The largest absolute Gasteiger partial charge is 0.416 e. The zero-order valence-electron chi connectivity index (χ0n) is 18.0. The minimum atomic E-state index is -4.36. The number of halogens is 3. The second-order valence-corrected chi connectivity index (χ2v) is 9.32. The van der Waals surface area contributed by atoms with Crippen molar-refractivity contribution in [2.45, 2.75) is 63.9 Å². The van der Waals surface area contributed by atoms with Crippen molar-refractivity contribution >= 4 is 0 Å². The van der Waals surface area contributed by atoms with E-state index in [1.165, 1.54) is 12.1 Å². The van der Waals surface area contributed by atoms with Crippen molar-refractivity contribution in [3.8, 4) is 0 Å². The number of hydrogen-bond donors (Lipinski definition) is 3. The van der Waals surface area contributed by atoms with E-state index in [-0.39, 0.29) is 29.9 Å². The molecule has 0 bridgehead atoms. The molecule has 3 N–H and O–H groups in total. The zero-order chi connectivity index (χ0) is 22.8. The minimum Gasteiger partial charge on any atom is -0.396 e. The van der Waals surface area contributed by atoms with Gasteiger partial charge in [-0.2, -0.15) is 13.2 Å². The maximum absolute atomic E-state index is 12.8. The number of aromatic nitrogens is 2. The van der Waals surface area contributed by atoms with E-state index in [4.69, 9.17) is 0 Å². The fourth-order valence-electron chi connectivity index (χ4n) is 4.15. The third kappa shape index (κ3) is 5.81. The lowest BCUT2D eigenvalue weighted by atomic mass is 9.88. The average Bonchev–Trinajstić information content (AvgIpc) is 2.99. The molecular formula is C23H30F3N3O2. The predicted octanol–water partition coefficient (Wildman–Crippen LogP) is 3.48. The Bertz CT molecular complexity index is 866. The Morgan fingerprint density at radius 1 is 1.06 bits per heavy atom. The number of aliphatic hydroxyl groups is 2. The summed E-state index contributed by atoms with van der Waals surface area (Å²) < 4.78 is 38.3. The van der Waals surface area contributed by atoms with Gasteiger partial charge >= 0.3 is 6.18 Å². The summed E-state index contributed by atoms with van der Waals surface area (Å²) in [4.78, 5) is 9.03. The molecule has 5 nitrogen and oxygen atoms in total. The molecule has 1 aromatic heterocycles. The van der Waals surface area contributed by atoms with Gasteiger partial charge in [-0.05, 0) is 42.5 Å². The Balaban J connectivity index is 1.72. The first-order valence-corrected chi connectivity index (χ1v) is 10.5. The molecule has 3 rings (SSSR count). The Morgan fingerprint density at radius 2 is 1.74 bits per heavy atom. The molecule has 0 unspecified atom stereocenters. The molecule has 1 aliphatic rings. The summed E-state index contributed by atoms with van der Waals surface area (Å²) in [6.45, 7) is 6.35. The number of rotatable bonds is 6. The summed E-state index contributed by atoms with van der Waals surface area (Å²) in [6, 6.07) is 6.82. The summed E-state index contributed by atoms with van der Waals surface area (Å²) in [5.74, 6) is 0.383. The van der Waals surface area contributed by atoms with Crippen molar-refractivity contribution in [2.24, 2.45) is 11.8 Å². The smallest absolute Gasteiger partial charge is 0.396 e. The second-order valence-electron chi connectivity index (χ2n) is 9.32. The third-order valence-electron chi connectivity index (χ3n) is 5.95. The Kier molecular flexibility index (Phi) is 7.03. The van der Waals surface area contributed by atoms with E-state index in [9.17, 15) is 23.4 Å². The fourth-order valence-corrected chi connectivity index (χ4v) is 4.15. The number of nitrogens with zero attached hydrogens (tertiary/aromatic N) is 2. The van der Waals surface area contributed by atoms with Gasteiger partial charge in [-0.1, -0.05) is 32.9 Å². The van der Waals surface area contributed by atoms with Crippen LogP contribution in [0.5, 0.6) is 0 Å². The second kappa shape index (κ2) is 9.22. The van der Waals surface area contributed by atoms with Crippen molar-refractivity contribution in [3.63, 3.8) is 0 Å². The van der Waals surface area contributed by atoms with E-state index in [1.807, 2.05) is 26.8 Å². The zero-order valence-corrected chi connectivity index (χ0v) is 18.0. The van der Waals surface area contributed by atoms with E-state index in [1.54, 1.807) is 6.20 Å². The lowest BCUT2D eigenvalue weighted by Gasteiger charge is -2.25. The molecule has 1 saturated carbocycles. The first kappa shape index (κ1) is 23.6. The summed E-state index contributed by atoms with van der Waals surface area (Å²) in [6.07, 6.45) is -2.24. The van der Waals surface area contributed by atoms with Crippen LogP contribution in [-0.2, 0) is 24.6 Å². The van der Waals surface area contributed by atoms with Gasteiger partial charge in [0.15, 0.2) is 0 Å². The van der Waals surface area contributed by atoms with Crippen molar-refractivity contribution in [1.29, 1.82) is 0 Å². The van der Waals surface area contributed by atoms with Crippen LogP contribution in [0.1, 0.15) is 49.8 Å². The maximum atomic E-state index is 12.8. The highest BCUT2D eigenvalue weighted by Crippen LogP contribution is 2.35. The molecule has 2 aromatic rings. The van der Waals surface area contributed by atoms with Gasteiger partial charge in [-0.3, -0.25) is 0 Å². The predicted molar refractivity (Wildman–Crippen MR) is 111 cm³/mol. The van der Waals surface area contributed by atoms with Gasteiger partial charge < -0.3 is 15.5 Å². The van der Waals surface area contributed by atoms with Gasteiger partial charge in [0, 0.05) is 42.4 Å². The molecule has 0 amide bonds. The molecule has 0 radical (unpaired) electrons. The van der Waals surface area contributed by atoms with E-state index in [0.717, 1.165) is 29.2 Å². The average molecular weight is 438 g/mol. The molecule has 1 aliphatic carbocycles. The SMILES string of the molecule is CC(C)(C)c1nccc(C[C@@H]2[C@@H](CO)[C@H](O)C[C@H]2NCc2ccc(C(F)(F)F)cc2)n1. The van der Waals surface area contributed by atoms with Crippen LogP contribution < -0.4 is 5.32 Å². The van der Waals surface area contributed by atoms with Crippen LogP contribution in [-0.4, -0.2) is 38.9 Å². The van der Waals surface area contributed by atoms with Gasteiger partial charge in [-0.25, -0.2) is 9.97 Å². The first-order valence-electron chi connectivity index (χ1n) is 10.5. The van der Waals surface area contributed by atoms with Crippen molar-refractivity contribution in [2.75, 3.05) is 6.61 Å². The maximum Gasteiger partial charge on any atom is 0.416 e. The van der Waals surface area contributed by atoms with E-state index in [0.29, 0.717) is 19.4 Å². The molecule has 8 heteroatoms. The summed E-state index contributed by atoms with van der Waals surface area (Å²) in [7, 11) is 0. The molecule has 1 heterocycles.